The third kappa shape index (κ3) is 3.14. The van der Waals surface area contributed by atoms with Crippen LogP contribution in [-0.2, 0) is 6.42 Å². The van der Waals surface area contributed by atoms with Crippen LogP contribution in [0.2, 0.25) is 5.02 Å². The Morgan fingerprint density at radius 1 is 1.24 bits per heavy atom. The molecule has 0 fully saturated rings. The maximum atomic E-state index is 12.1. The van der Waals surface area contributed by atoms with Crippen LogP contribution >= 0.6 is 27.5 Å². The number of Topliss-reactive ketones (excluding diaryl/α,β-unsaturated/α-hetero) is 1. The fourth-order valence-electron chi connectivity index (χ4n) is 1.50. The molecule has 2 nitrogen and oxygen atoms in total. The fraction of sp³-hybridized carbons (Fsp3) is 0.0769. The molecule has 0 bridgehead atoms. The van der Waals surface area contributed by atoms with Gasteiger partial charge in [0.15, 0.2) is 5.78 Å². The molecule has 0 aliphatic rings. The number of nitrogens with zero attached hydrogens (tertiary/aromatic N) is 1. The van der Waals surface area contributed by atoms with Crippen molar-refractivity contribution in [3.8, 4) is 0 Å². The molecule has 86 valence electrons. The lowest BCUT2D eigenvalue weighted by Gasteiger charge is -2.04. The minimum Gasteiger partial charge on any atom is -0.294 e. The number of carbonyl (C=O) groups is 1. The zero-order valence-electron chi connectivity index (χ0n) is 8.86. The standard InChI is InChI=1S/C13H9BrClNO/c14-12-8-10(15)1-2-11(12)13(17)7-9-3-5-16-6-4-9/h1-6,8H,7H2. The molecule has 0 saturated heterocycles. The number of aromatic nitrogens is 1. The van der Waals surface area contributed by atoms with Gasteiger partial charge in [-0.1, -0.05) is 11.6 Å². The zero-order valence-corrected chi connectivity index (χ0v) is 11.2. The first kappa shape index (κ1) is 12.3. The second-order valence-corrected chi connectivity index (χ2v) is 4.87. The van der Waals surface area contributed by atoms with Gasteiger partial charge in [0.2, 0.25) is 0 Å². The van der Waals surface area contributed by atoms with E-state index < -0.39 is 0 Å². The normalized spacial score (nSPS) is 10.2. The minimum absolute atomic E-state index is 0.0553. The lowest BCUT2D eigenvalue weighted by molar-refractivity contribution is 0.0992. The van der Waals surface area contributed by atoms with Crippen molar-refractivity contribution in [3.63, 3.8) is 0 Å². The summed E-state index contributed by atoms with van der Waals surface area (Å²) in [6.45, 7) is 0. The third-order valence-electron chi connectivity index (χ3n) is 2.35. The van der Waals surface area contributed by atoms with Gasteiger partial charge in [-0.3, -0.25) is 9.78 Å². The van der Waals surface area contributed by atoms with Crippen LogP contribution in [-0.4, -0.2) is 10.8 Å². The van der Waals surface area contributed by atoms with E-state index in [-0.39, 0.29) is 5.78 Å². The van der Waals surface area contributed by atoms with Gasteiger partial charge in [-0.15, -0.1) is 0 Å². The van der Waals surface area contributed by atoms with Gasteiger partial charge in [0.1, 0.15) is 0 Å². The predicted molar refractivity (Wildman–Crippen MR) is 71.4 cm³/mol. The number of rotatable bonds is 3. The number of halogens is 2. The van der Waals surface area contributed by atoms with E-state index in [1.165, 1.54) is 0 Å². The molecule has 1 heterocycles. The van der Waals surface area contributed by atoms with Crippen LogP contribution in [0, 0.1) is 0 Å². The maximum Gasteiger partial charge on any atom is 0.168 e. The van der Waals surface area contributed by atoms with Crippen LogP contribution in [0.15, 0.2) is 47.2 Å². The van der Waals surface area contributed by atoms with Gasteiger partial charge >= 0.3 is 0 Å². The van der Waals surface area contributed by atoms with Crippen molar-refractivity contribution in [2.24, 2.45) is 0 Å². The smallest absolute Gasteiger partial charge is 0.168 e. The second-order valence-electron chi connectivity index (χ2n) is 3.58. The molecule has 2 aromatic rings. The van der Waals surface area contributed by atoms with Crippen LogP contribution in [0.3, 0.4) is 0 Å². The molecule has 2 rings (SSSR count). The maximum absolute atomic E-state index is 12.1. The van der Waals surface area contributed by atoms with E-state index in [9.17, 15) is 4.79 Å². The first-order chi connectivity index (χ1) is 8.16. The second kappa shape index (κ2) is 5.43. The van der Waals surface area contributed by atoms with Crippen molar-refractivity contribution in [2.45, 2.75) is 6.42 Å². The Morgan fingerprint density at radius 3 is 2.59 bits per heavy atom. The monoisotopic (exact) mass is 309 g/mol. The minimum atomic E-state index is 0.0553. The molecule has 0 unspecified atom stereocenters. The molecule has 0 aliphatic heterocycles. The summed E-state index contributed by atoms with van der Waals surface area (Å²) in [5.74, 6) is 0.0553. The van der Waals surface area contributed by atoms with Crippen LogP contribution in [0.4, 0.5) is 0 Å². The van der Waals surface area contributed by atoms with Crippen molar-refractivity contribution in [3.05, 3.63) is 63.3 Å². The molecule has 0 atom stereocenters. The topological polar surface area (TPSA) is 30.0 Å². The Balaban J connectivity index is 2.21. The van der Waals surface area contributed by atoms with E-state index in [0.29, 0.717) is 17.0 Å². The molecule has 17 heavy (non-hydrogen) atoms. The number of pyridine rings is 1. The van der Waals surface area contributed by atoms with E-state index in [2.05, 4.69) is 20.9 Å². The first-order valence-corrected chi connectivity index (χ1v) is 6.21. The molecule has 1 aromatic carbocycles. The highest BCUT2D eigenvalue weighted by Gasteiger charge is 2.10. The first-order valence-electron chi connectivity index (χ1n) is 5.04. The molecule has 4 heteroatoms. The molecule has 0 radical (unpaired) electrons. The van der Waals surface area contributed by atoms with Crippen molar-refractivity contribution < 1.29 is 4.79 Å². The van der Waals surface area contributed by atoms with E-state index in [4.69, 9.17) is 11.6 Å². The third-order valence-corrected chi connectivity index (χ3v) is 3.24. The summed E-state index contributed by atoms with van der Waals surface area (Å²) in [6.07, 6.45) is 3.72. The molecule has 0 aliphatic carbocycles. The fourth-order valence-corrected chi connectivity index (χ4v) is 2.40. The average Bonchev–Trinajstić information content (AvgIpc) is 2.30. The SMILES string of the molecule is O=C(Cc1ccncc1)c1ccc(Cl)cc1Br. The summed E-state index contributed by atoms with van der Waals surface area (Å²) >= 11 is 9.18. The van der Waals surface area contributed by atoms with E-state index in [0.717, 1.165) is 10.0 Å². The average molecular weight is 311 g/mol. The van der Waals surface area contributed by atoms with Crippen molar-refractivity contribution >= 4 is 33.3 Å². The molecule has 0 saturated carbocycles. The van der Waals surface area contributed by atoms with Gasteiger partial charge in [0.25, 0.3) is 0 Å². The number of ketones is 1. The Bertz CT molecular complexity index is 542. The number of hydrogen-bond acceptors (Lipinski definition) is 2. The molecule has 1 aromatic heterocycles. The summed E-state index contributed by atoms with van der Waals surface area (Å²) in [5, 5.41) is 0.609. The number of benzene rings is 1. The van der Waals surface area contributed by atoms with Crippen molar-refractivity contribution in [2.75, 3.05) is 0 Å². The quantitative estimate of drug-likeness (QED) is 0.804. The Morgan fingerprint density at radius 2 is 1.94 bits per heavy atom. The Labute approximate surface area is 113 Å². The molecule has 0 amide bonds. The van der Waals surface area contributed by atoms with Gasteiger partial charge in [0.05, 0.1) is 0 Å². The summed E-state index contributed by atoms with van der Waals surface area (Å²) in [6, 6.07) is 8.84. The molecule has 0 N–H and O–H groups in total. The van der Waals surface area contributed by atoms with Gasteiger partial charge in [0, 0.05) is 33.9 Å². The van der Waals surface area contributed by atoms with Crippen LogP contribution < -0.4 is 0 Å². The van der Waals surface area contributed by atoms with Gasteiger partial charge < -0.3 is 0 Å². The van der Waals surface area contributed by atoms with Crippen LogP contribution in [0.1, 0.15) is 15.9 Å². The Kier molecular flexibility index (Phi) is 3.92. The van der Waals surface area contributed by atoms with Gasteiger partial charge in [-0.05, 0) is 51.8 Å². The predicted octanol–water partition coefficient (Wildman–Crippen LogP) is 3.92. The van der Waals surface area contributed by atoms with Crippen LogP contribution in [0.25, 0.3) is 0 Å². The Hall–Kier alpha value is -1.19. The summed E-state index contributed by atoms with van der Waals surface area (Å²) in [4.78, 5) is 16.0. The van der Waals surface area contributed by atoms with Crippen molar-refractivity contribution in [1.82, 2.24) is 4.98 Å². The number of hydrogen-bond donors (Lipinski definition) is 0. The largest absolute Gasteiger partial charge is 0.294 e. The summed E-state index contributed by atoms with van der Waals surface area (Å²) < 4.78 is 0.726. The van der Waals surface area contributed by atoms with E-state index in [1.807, 2.05) is 12.1 Å². The molecule has 0 spiro atoms. The lowest BCUT2D eigenvalue weighted by Crippen LogP contribution is -2.04. The highest BCUT2D eigenvalue weighted by molar-refractivity contribution is 9.10. The van der Waals surface area contributed by atoms with E-state index >= 15 is 0 Å². The van der Waals surface area contributed by atoms with Crippen LogP contribution in [0.5, 0.6) is 0 Å². The van der Waals surface area contributed by atoms with Gasteiger partial charge in [-0.25, -0.2) is 0 Å². The molecular formula is C13H9BrClNO. The van der Waals surface area contributed by atoms with E-state index in [1.54, 1.807) is 30.6 Å². The summed E-state index contributed by atoms with van der Waals surface area (Å²) in [5.41, 5.74) is 1.60. The summed E-state index contributed by atoms with van der Waals surface area (Å²) in [7, 11) is 0. The lowest BCUT2D eigenvalue weighted by atomic mass is 10.0. The van der Waals surface area contributed by atoms with Crippen molar-refractivity contribution in [1.29, 1.82) is 0 Å². The van der Waals surface area contributed by atoms with Gasteiger partial charge in [-0.2, -0.15) is 0 Å². The number of carbonyl (C=O) groups excluding carboxylic acids is 1. The zero-order chi connectivity index (χ0) is 12.3. The molecular weight excluding hydrogens is 302 g/mol. The highest BCUT2D eigenvalue weighted by Crippen LogP contribution is 2.22. The highest BCUT2D eigenvalue weighted by atomic mass is 79.9.